The molecule has 4 N–H and O–H groups in total. The molecule has 1 atom stereocenters. The SMILES string of the molecule is NC(CNC(=O)C1(c2ccc(F)cc2)CCC1)C1CCC(C(=O)Nc2ccncc2)CC1. The second kappa shape index (κ2) is 9.77. The van der Waals surface area contributed by atoms with Gasteiger partial charge in [-0.1, -0.05) is 18.6 Å². The van der Waals surface area contributed by atoms with Crippen molar-refractivity contribution in [3.05, 3.63) is 60.2 Å². The fourth-order valence-corrected chi connectivity index (χ4v) is 4.98. The lowest BCUT2D eigenvalue weighted by atomic mass is 9.63. The zero-order valence-electron chi connectivity index (χ0n) is 18.2. The van der Waals surface area contributed by atoms with Crippen LogP contribution in [0, 0.1) is 17.7 Å². The molecule has 2 amide bonds. The molecule has 0 spiro atoms. The highest BCUT2D eigenvalue weighted by Gasteiger charge is 2.45. The molecule has 2 aromatic rings. The van der Waals surface area contributed by atoms with Gasteiger partial charge in [-0.25, -0.2) is 4.39 Å². The van der Waals surface area contributed by atoms with Crippen LogP contribution in [0.5, 0.6) is 0 Å². The number of hydrogen-bond donors (Lipinski definition) is 3. The quantitative estimate of drug-likeness (QED) is 0.616. The summed E-state index contributed by atoms with van der Waals surface area (Å²) in [5, 5.41) is 6.01. The maximum absolute atomic E-state index is 13.3. The molecule has 1 heterocycles. The molecular formula is C25H31FN4O2. The number of nitrogens with zero attached hydrogens (tertiary/aromatic N) is 1. The van der Waals surface area contributed by atoms with Crippen LogP contribution in [0.2, 0.25) is 0 Å². The predicted octanol–water partition coefficient (Wildman–Crippen LogP) is 3.53. The zero-order valence-corrected chi connectivity index (χ0v) is 18.2. The predicted molar refractivity (Wildman–Crippen MR) is 121 cm³/mol. The monoisotopic (exact) mass is 438 g/mol. The molecule has 0 saturated heterocycles. The summed E-state index contributed by atoms with van der Waals surface area (Å²) in [6.45, 7) is 0.417. The first-order valence-corrected chi connectivity index (χ1v) is 11.5. The first-order chi connectivity index (χ1) is 15.5. The average molecular weight is 439 g/mol. The molecule has 0 radical (unpaired) electrons. The molecule has 6 nitrogen and oxygen atoms in total. The van der Waals surface area contributed by atoms with Gasteiger partial charge in [0.2, 0.25) is 11.8 Å². The number of carbonyl (C=O) groups excluding carboxylic acids is 2. The molecule has 2 aliphatic carbocycles. The van der Waals surface area contributed by atoms with Crippen molar-refractivity contribution in [1.82, 2.24) is 10.3 Å². The lowest BCUT2D eigenvalue weighted by Gasteiger charge is -2.41. The van der Waals surface area contributed by atoms with Crippen LogP contribution in [0.25, 0.3) is 0 Å². The van der Waals surface area contributed by atoms with Gasteiger partial charge in [0.1, 0.15) is 5.82 Å². The molecule has 2 aliphatic rings. The molecule has 2 fully saturated rings. The van der Waals surface area contributed by atoms with Crippen molar-refractivity contribution in [2.75, 3.05) is 11.9 Å². The van der Waals surface area contributed by atoms with E-state index in [1.54, 1.807) is 36.7 Å². The van der Waals surface area contributed by atoms with Gasteiger partial charge >= 0.3 is 0 Å². The van der Waals surface area contributed by atoms with Gasteiger partial charge in [-0.15, -0.1) is 0 Å². The van der Waals surface area contributed by atoms with E-state index < -0.39 is 5.41 Å². The molecule has 2 saturated carbocycles. The lowest BCUT2D eigenvalue weighted by Crippen LogP contribution is -2.52. The Kier molecular flexibility index (Phi) is 6.84. The smallest absolute Gasteiger partial charge is 0.230 e. The number of nitrogens with two attached hydrogens (primary N) is 1. The minimum atomic E-state index is -0.559. The van der Waals surface area contributed by atoms with E-state index >= 15 is 0 Å². The van der Waals surface area contributed by atoms with Crippen LogP contribution >= 0.6 is 0 Å². The highest BCUT2D eigenvalue weighted by molar-refractivity contribution is 5.92. The first kappa shape index (κ1) is 22.4. The van der Waals surface area contributed by atoms with Crippen molar-refractivity contribution in [3.8, 4) is 0 Å². The van der Waals surface area contributed by atoms with Crippen LogP contribution in [-0.4, -0.2) is 29.4 Å². The van der Waals surface area contributed by atoms with E-state index in [1.165, 1.54) is 12.1 Å². The van der Waals surface area contributed by atoms with Crippen molar-refractivity contribution in [3.63, 3.8) is 0 Å². The number of halogens is 1. The van der Waals surface area contributed by atoms with E-state index in [0.29, 0.717) is 6.54 Å². The van der Waals surface area contributed by atoms with E-state index in [2.05, 4.69) is 15.6 Å². The molecule has 1 aromatic carbocycles. The Bertz CT molecular complexity index is 923. The normalized spacial score (nSPS) is 22.9. The third-order valence-corrected chi connectivity index (χ3v) is 7.23. The summed E-state index contributed by atoms with van der Waals surface area (Å²) < 4.78 is 13.3. The van der Waals surface area contributed by atoms with Gasteiger partial charge < -0.3 is 16.4 Å². The number of rotatable bonds is 7. The molecular weight excluding hydrogens is 407 g/mol. The van der Waals surface area contributed by atoms with E-state index in [4.69, 9.17) is 5.73 Å². The molecule has 1 unspecified atom stereocenters. The molecule has 0 bridgehead atoms. The summed E-state index contributed by atoms with van der Waals surface area (Å²) >= 11 is 0. The van der Waals surface area contributed by atoms with Crippen molar-refractivity contribution >= 4 is 17.5 Å². The van der Waals surface area contributed by atoms with Crippen LogP contribution in [0.15, 0.2) is 48.8 Å². The number of pyridine rings is 1. The summed E-state index contributed by atoms with van der Waals surface area (Å²) in [5.41, 5.74) is 7.51. The number of benzene rings is 1. The van der Waals surface area contributed by atoms with E-state index in [9.17, 15) is 14.0 Å². The zero-order chi connectivity index (χ0) is 22.6. The Morgan fingerprint density at radius 1 is 1.06 bits per heavy atom. The Hall–Kier alpha value is -2.80. The molecule has 7 heteroatoms. The topological polar surface area (TPSA) is 97.1 Å². The van der Waals surface area contributed by atoms with Crippen molar-refractivity contribution < 1.29 is 14.0 Å². The Morgan fingerprint density at radius 3 is 2.31 bits per heavy atom. The Balaban J connectivity index is 1.25. The maximum Gasteiger partial charge on any atom is 0.230 e. The average Bonchev–Trinajstić information content (AvgIpc) is 2.78. The summed E-state index contributed by atoms with van der Waals surface area (Å²) in [6.07, 6.45) is 9.18. The third kappa shape index (κ3) is 4.83. The largest absolute Gasteiger partial charge is 0.354 e. The van der Waals surface area contributed by atoms with Gasteiger partial charge in [-0.3, -0.25) is 14.6 Å². The van der Waals surface area contributed by atoms with Gasteiger partial charge in [0.25, 0.3) is 0 Å². The summed E-state index contributed by atoms with van der Waals surface area (Å²) in [4.78, 5) is 29.5. The minimum absolute atomic E-state index is 0.0158. The summed E-state index contributed by atoms with van der Waals surface area (Å²) in [5.74, 6) is -0.00366. The van der Waals surface area contributed by atoms with E-state index in [-0.39, 0.29) is 35.5 Å². The van der Waals surface area contributed by atoms with Crippen molar-refractivity contribution in [2.24, 2.45) is 17.6 Å². The second-order valence-corrected chi connectivity index (χ2v) is 9.15. The van der Waals surface area contributed by atoms with Gasteiger partial charge in [-0.05, 0) is 74.3 Å². The minimum Gasteiger partial charge on any atom is -0.354 e. The van der Waals surface area contributed by atoms with Crippen LogP contribution in [-0.2, 0) is 15.0 Å². The van der Waals surface area contributed by atoms with Gasteiger partial charge in [0.05, 0.1) is 5.41 Å². The van der Waals surface area contributed by atoms with Crippen molar-refractivity contribution in [1.29, 1.82) is 0 Å². The fourth-order valence-electron chi connectivity index (χ4n) is 4.98. The van der Waals surface area contributed by atoms with Gasteiger partial charge in [-0.2, -0.15) is 0 Å². The lowest BCUT2D eigenvalue weighted by molar-refractivity contribution is -0.130. The molecule has 32 heavy (non-hydrogen) atoms. The number of amides is 2. The number of nitrogens with one attached hydrogen (secondary N) is 2. The summed E-state index contributed by atoms with van der Waals surface area (Å²) in [6, 6.07) is 9.67. The second-order valence-electron chi connectivity index (χ2n) is 9.15. The van der Waals surface area contributed by atoms with Crippen LogP contribution in [0.3, 0.4) is 0 Å². The number of carbonyl (C=O) groups is 2. The number of aromatic nitrogens is 1. The van der Waals surface area contributed by atoms with Gasteiger partial charge in [0, 0.05) is 36.6 Å². The number of anilines is 1. The molecule has 0 aliphatic heterocycles. The van der Waals surface area contributed by atoms with E-state index in [1.807, 2.05) is 0 Å². The van der Waals surface area contributed by atoms with Crippen molar-refractivity contribution in [2.45, 2.75) is 56.4 Å². The van der Waals surface area contributed by atoms with Crippen LogP contribution < -0.4 is 16.4 Å². The Labute approximate surface area is 188 Å². The highest BCUT2D eigenvalue weighted by atomic mass is 19.1. The third-order valence-electron chi connectivity index (χ3n) is 7.23. The highest BCUT2D eigenvalue weighted by Crippen LogP contribution is 2.44. The van der Waals surface area contributed by atoms with Crippen LogP contribution in [0.4, 0.5) is 10.1 Å². The standard InChI is InChI=1S/C25H31FN4O2/c26-20-8-6-19(7-9-20)25(12-1-13-25)24(32)29-16-22(27)17-2-4-18(5-3-17)23(31)30-21-10-14-28-15-11-21/h6-11,14-15,17-18,22H,1-5,12-13,16,27H2,(H,29,32)(H,28,30,31). The van der Waals surface area contributed by atoms with Crippen LogP contribution in [0.1, 0.15) is 50.5 Å². The summed E-state index contributed by atoms with van der Waals surface area (Å²) in [7, 11) is 0. The molecule has 4 rings (SSSR count). The Morgan fingerprint density at radius 2 is 1.72 bits per heavy atom. The molecule has 1 aromatic heterocycles. The molecule has 170 valence electrons. The van der Waals surface area contributed by atoms with E-state index in [0.717, 1.165) is 56.2 Å². The first-order valence-electron chi connectivity index (χ1n) is 11.5. The fraction of sp³-hybridized carbons (Fsp3) is 0.480. The number of hydrogen-bond acceptors (Lipinski definition) is 4. The maximum atomic E-state index is 13.3. The van der Waals surface area contributed by atoms with Gasteiger partial charge in [0.15, 0.2) is 0 Å².